The topological polar surface area (TPSA) is 59.7 Å². The van der Waals surface area contributed by atoms with Crippen molar-refractivity contribution in [1.29, 1.82) is 0 Å². The number of furan rings is 1. The van der Waals surface area contributed by atoms with Crippen LogP contribution in [0.3, 0.4) is 0 Å². The highest BCUT2D eigenvalue weighted by Crippen LogP contribution is 2.45. The largest absolute Gasteiger partial charge is 0.456 e. The van der Waals surface area contributed by atoms with E-state index in [-0.39, 0.29) is 0 Å². The maximum Gasteiger partial charge on any atom is 0.135 e. The highest BCUT2D eigenvalue weighted by Gasteiger charge is 2.22. The van der Waals surface area contributed by atoms with Gasteiger partial charge < -0.3 is 19.6 Å². The molecule has 1 aliphatic heterocycles. The molecule has 3 aromatic heterocycles. The van der Waals surface area contributed by atoms with E-state index in [9.17, 15) is 0 Å². The smallest absolute Gasteiger partial charge is 0.135 e. The Morgan fingerprint density at radius 1 is 0.759 bits per heavy atom. The van der Waals surface area contributed by atoms with Gasteiger partial charge in [-0.15, -0.1) is 11.3 Å². The summed E-state index contributed by atoms with van der Waals surface area (Å²) in [5, 5.41) is 7.13. The molecule has 278 valence electrons. The molecule has 0 saturated carbocycles. The first-order chi connectivity index (χ1) is 28.6. The molecular weight excluding hydrogens is 729 g/mol. The molecule has 0 saturated heterocycles. The van der Waals surface area contributed by atoms with Crippen LogP contribution in [0.4, 0.5) is 5.69 Å². The second kappa shape index (κ2) is 13.8. The van der Waals surface area contributed by atoms with Crippen LogP contribution in [0.2, 0.25) is 0 Å². The predicted octanol–water partition coefficient (Wildman–Crippen LogP) is 13.7. The molecule has 0 spiro atoms. The van der Waals surface area contributed by atoms with Gasteiger partial charge in [-0.1, -0.05) is 104 Å². The lowest BCUT2D eigenvalue weighted by Gasteiger charge is -2.26. The summed E-state index contributed by atoms with van der Waals surface area (Å²) in [7, 11) is 0. The quantitative estimate of drug-likeness (QED) is 0.140. The van der Waals surface area contributed by atoms with Crippen LogP contribution in [-0.4, -0.2) is 10.4 Å². The van der Waals surface area contributed by atoms with E-state index in [4.69, 9.17) is 15.1 Å². The summed E-state index contributed by atoms with van der Waals surface area (Å²) in [5.41, 5.74) is 18.2. The number of anilines is 1. The molecule has 6 aromatic carbocycles. The second-order valence-corrected chi connectivity index (χ2v) is 16.0. The van der Waals surface area contributed by atoms with Crippen LogP contribution in [0.25, 0.3) is 75.2 Å². The molecule has 58 heavy (non-hydrogen) atoms. The molecule has 0 amide bonds. The molecule has 0 fully saturated rings. The van der Waals surface area contributed by atoms with E-state index in [0.717, 1.165) is 74.3 Å². The van der Waals surface area contributed by atoms with E-state index in [2.05, 4.69) is 156 Å². The van der Waals surface area contributed by atoms with Crippen molar-refractivity contribution in [3.05, 3.63) is 199 Å². The number of hydrogen-bond donors (Lipinski definition) is 1. The standard InChI is InChI=1S/C52H38N4OS/c1-33-13-11-12-28-55(50(31-43(53)35-14-3-2-4-15-35)54-32-34-22-26-48-41(29-34)39-18-7-10-21-47(39)57-48)46-25-24-40-42-30-36(23-27-49(42)58-52(40)51(33)46)56-44-19-8-5-16-37(44)38-17-6-9-20-45(38)56/h2-3,5-14,16-31H,1,4,15,32,53H2/b13-11-,28-12-,43-31-,54-50?. The van der Waals surface area contributed by atoms with Crippen LogP contribution in [0.15, 0.2) is 197 Å². The Hall–Kier alpha value is -7.15. The number of fused-ring (bicyclic) bond motifs is 11. The van der Waals surface area contributed by atoms with Crippen LogP contribution < -0.4 is 10.6 Å². The SMILES string of the molecule is C=C1/C=C\C=C/N(C(/C=C(\N)C2=CC=CCC2)=NCc2ccc3oc4ccccc4c3c2)c2ccc3c(sc4ccc(-n5c6ccccc6c6ccccc65)cc43)c21. The van der Waals surface area contributed by atoms with Gasteiger partial charge >= 0.3 is 0 Å². The number of rotatable bonds is 5. The van der Waals surface area contributed by atoms with E-state index >= 15 is 0 Å². The maximum absolute atomic E-state index is 6.91. The number of hydrogen-bond acceptors (Lipinski definition) is 4. The minimum atomic E-state index is 0.459. The molecular formula is C52H38N4OS. The third-order valence-corrected chi connectivity index (χ3v) is 12.6. The fourth-order valence-corrected chi connectivity index (χ4v) is 9.91. The number of aliphatic imine (C=N–C) groups is 1. The summed E-state index contributed by atoms with van der Waals surface area (Å²) < 4.78 is 10.9. The van der Waals surface area contributed by atoms with Crippen molar-refractivity contribution < 1.29 is 4.42 Å². The number of amidine groups is 1. The van der Waals surface area contributed by atoms with Crippen LogP contribution >= 0.6 is 11.3 Å². The average Bonchev–Trinajstić information content (AvgIpc) is 3.93. The van der Waals surface area contributed by atoms with Gasteiger partial charge in [0.2, 0.25) is 0 Å². The van der Waals surface area contributed by atoms with Crippen LogP contribution in [0, 0.1) is 0 Å². The molecule has 2 N–H and O–H groups in total. The minimum absolute atomic E-state index is 0.459. The predicted molar refractivity (Wildman–Crippen MR) is 247 cm³/mol. The third-order valence-electron chi connectivity index (χ3n) is 11.4. The van der Waals surface area contributed by atoms with Crippen molar-refractivity contribution >= 4 is 92.3 Å². The molecule has 9 aromatic rings. The van der Waals surface area contributed by atoms with Crippen molar-refractivity contribution in [3.8, 4) is 5.69 Å². The van der Waals surface area contributed by atoms with Gasteiger partial charge in [-0.2, -0.15) is 0 Å². The van der Waals surface area contributed by atoms with Crippen molar-refractivity contribution in [3.63, 3.8) is 0 Å². The molecule has 0 bridgehead atoms. The molecule has 5 nitrogen and oxygen atoms in total. The molecule has 0 atom stereocenters. The van der Waals surface area contributed by atoms with Gasteiger partial charge in [0.1, 0.15) is 17.0 Å². The Morgan fingerprint density at radius 3 is 2.34 bits per heavy atom. The third kappa shape index (κ3) is 5.64. The number of para-hydroxylation sites is 3. The zero-order valence-corrected chi connectivity index (χ0v) is 32.5. The Bertz CT molecular complexity index is 3310. The minimum Gasteiger partial charge on any atom is -0.456 e. The van der Waals surface area contributed by atoms with Crippen LogP contribution in [0.5, 0.6) is 0 Å². The van der Waals surface area contributed by atoms with Crippen molar-refractivity contribution in [2.45, 2.75) is 19.4 Å². The number of thiophene rings is 1. The van der Waals surface area contributed by atoms with Gasteiger partial charge in [0, 0.05) is 70.9 Å². The fraction of sp³-hybridized carbons (Fsp3) is 0.0577. The fourth-order valence-electron chi connectivity index (χ4n) is 8.65. The summed E-state index contributed by atoms with van der Waals surface area (Å²) in [4.78, 5) is 7.51. The van der Waals surface area contributed by atoms with Gasteiger partial charge in [-0.25, -0.2) is 0 Å². The number of nitrogens with two attached hydrogens (primary N) is 1. The molecule has 2 aliphatic rings. The highest BCUT2D eigenvalue weighted by molar-refractivity contribution is 7.26. The number of aromatic nitrogens is 1. The lowest BCUT2D eigenvalue weighted by Crippen LogP contribution is -2.26. The summed E-state index contributed by atoms with van der Waals surface area (Å²) in [6.45, 7) is 5.08. The highest BCUT2D eigenvalue weighted by atomic mass is 32.1. The molecule has 0 unspecified atom stereocenters. The van der Waals surface area contributed by atoms with Crippen molar-refractivity contribution in [1.82, 2.24) is 4.57 Å². The lowest BCUT2D eigenvalue weighted by molar-refractivity contribution is 0.669. The number of nitrogens with zero attached hydrogens (tertiary/aromatic N) is 3. The summed E-state index contributed by atoms with van der Waals surface area (Å²) in [6.07, 6.45) is 18.6. The van der Waals surface area contributed by atoms with E-state index < -0.39 is 0 Å². The number of allylic oxidation sites excluding steroid dienone is 8. The van der Waals surface area contributed by atoms with E-state index in [1.54, 1.807) is 0 Å². The Balaban J connectivity index is 1.06. The first-order valence-electron chi connectivity index (χ1n) is 19.7. The van der Waals surface area contributed by atoms with Gasteiger partial charge in [0.15, 0.2) is 0 Å². The monoisotopic (exact) mass is 766 g/mol. The van der Waals surface area contributed by atoms with Gasteiger partial charge in [0.25, 0.3) is 0 Å². The summed E-state index contributed by atoms with van der Waals surface area (Å²) in [5.74, 6) is 0.750. The van der Waals surface area contributed by atoms with Crippen molar-refractivity contribution in [2.24, 2.45) is 10.7 Å². The Morgan fingerprint density at radius 2 is 1.53 bits per heavy atom. The van der Waals surface area contributed by atoms with E-state index in [1.165, 1.54) is 42.0 Å². The van der Waals surface area contributed by atoms with Crippen molar-refractivity contribution in [2.75, 3.05) is 4.90 Å². The van der Waals surface area contributed by atoms with E-state index in [0.29, 0.717) is 12.2 Å². The zero-order valence-electron chi connectivity index (χ0n) is 31.7. The molecule has 1 aliphatic carbocycles. The van der Waals surface area contributed by atoms with Gasteiger partial charge in [0.05, 0.1) is 23.3 Å². The lowest BCUT2D eigenvalue weighted by atomic mass is 9.99. The molecule has 6 heteroatoms. The Labute approximate surface area is 339 Å². The van der Waals surface area contributed by atoms with Gasteiger partial charge in [-0.05, 0) is 90.2 Å². The first-order valence-corrected chi connectivity index (χ1v) is 20.5. The molecule has 11 rings (SSSR count). The molecule has 4 heterocycles. The zero-order chi connectivity index (χ0) is 38.7. The average molecular weight is 767 g/mol. The summed E-state index contributed by atoms with van der Waals surface area (Å²) in [6, 6.07) is 43.2. The van der Waals surface area contributed by atoms with Crippen LogP contribution in [0.1, 0.15) is 24.0 Å². The van der Waals surface area contributed by atoms with Crippen LogP contribution in [-0.2, 0) is 6.54 Å². The molecule has 0 radical (unpaired) electrons. The van der Waals surface area contributed by atoms with E-state index in [1.807, 2.05) is 41.7 Å². The maximum atomic E-state index is 6.91. The first kappa shape index (κ1) is 34.1. The second-order valence-electron chi connectivity index (χ2n) is 14.9. The number of benzene rings is 6. The Kier molecular flexibility index (Phi) is 8.12. The van der Waals surface area contributed by atoms with Gasteiger partial charge in [-0.3, -0.25) is 4.99 Å². The normalized spacial score (nSPS) is 16.1. The summed E-state index contributed by atoms with van der Waals surface area (Å²) >= 11 is 1.81.